The van der Waals surface area contributed by atoms with E-state index in [0.29, 0.717) is 6.10 Å². The standard InChI is InChI=1S/C17H25BrO/c1-3-14-9-5-7-11-16(14)19-17(12-18)15-10-6-4-8-13(15)2/h4,6,8,10,14,16-17H,3,5,7,9,11-12H2,1-2H3. The zero-order chi connectivity index (χ0) is 13.7. The second-order valence-corrected chi connectivity index (χ2v) is 6.27. The van der Waals surface area contributed by atoms with Crippen LogP contribution in [-0.2, 0) is 4.74 Å². The zero-order valence-electron chi connectivity index (χ0n) is 12.1. The molecule has 1 aliphatic rings. The largest absolute Gasteiger partial charge is 0.369 e. The minimum absolute atomic E-state index is 0.193. The smallest absolute Gasteiger partial charge is 0.0928 e. The van der Waals surface area contributed by atoms with Crippen molar-refractivity contribution in [2.45, 2.75) is 58.2 Å². The highest BCUT2D eigenvalue weighted by Crippen LogP contribution is 2.34. The van der Waals surface area contributed by atoms with Crippen LogP contribution in [0.1, 0.15) is 56.3 Å². The molecule has 1 aliphatic carbocycles. The molecule has 0 radical (unpaired) electrons. The molecule has 1 fully saturated rings. The molecule has 0 spiro atoms. The number of hydrogen-bond donors (Lipinski definition) is 0. The average Bonchev–Trinajstić information content (AvgIpc) is 2.46. The van der Waals surface area contributed by atoms with Crippen LogP contribution in [0, 0.1) is 12.8 Å². The second-order valence-electron chi connectivity index (χ2n) is 5.63. The molecular formula is C17H25BrO. The molecule has 0 aliphatic heterocycles. The van der Waals surface area contributed by atoms with Gasteiger partial charge in [-0.05, 0) is 36.8 Å². The summed E-state index contributed by atoms with van der Waals surface area (Å²) in [4.78, 5) is 0. The number of alkyl halides is 1. The Morgan fingerprint density at radius 3 is 2.68 bits per heavy atom. The summed E-state index contributed by atoms with van der Waals surface area (Å²) in [5.41, 5.74) is 2.66. The fourth-order valence-electron chi connectivity index (χ4n) is 3.17. The lowest BCUT2D eigenvalue weighted by Gasteiger charge is -2.34. The summed E-state index contributed by atoms with van der Waals surface area (Å²) >= 11 is 3.63. The maximum atomic E-state index is 6.46. The molecule has 106 valence electrons. The van der Waals surface area contributed by atoms with Crippen molar-refractivity contribution in [3.05, 3.63) is 35.4 Å². The molecule has 19 heavy (non-hydrogen) atoms. The van der Waals surface area contributed by atoms with Crippen LogP contribution >= 0.6 is 15.9 Å². The lowest BCUT2D eigenvalue weighted by atomic mass is 9.84. The Hall–Kier alpha value is -0.340. The SMILES string of the molecule is CCC1CCCCC1OC(CBr)c1ccccc1C. The van der Waals surface area contributed by atoms with Crippen LogP contribution < -0.4 is 0 Å². The van der Waals surface area contributed by atoms with Crippen LogP contribution in [-0.4, -0.2) is 11.4 Å². The summed E-state index contributed by atoms with van der Waals surface area (Å²) in [5.74, 6) is 0.749. The molecule has 0 saturated heterocycles. The van der Waals surface area contributed by atoms with E-state index in [1.165, 1.54) is 43.2 Å². The van der Waals surface area contributed by atoms with Crippen molar-refractivity contribution in [1.29, 1.82) is 0 Å². The van der Waals surface area contributed by atoms with Crippen molar-refractivity contribution < 1.29 is 4.74 Å². The average molecular weight is 325 g/mol. The summed E-state index contributed by atoms with van der Waals surface area (Å²) in [5, 5.41) is 0.880. The Balaban J connectivity index is 2.08. The van der Waals surface area contributed by atoms with E-state index in [1.807, 2.05) is 0 Å². The minimum atomic E-state index is 0.193. The van der Waals surface area contributed by atoms with Crippen molar-refractivity contribution in [3.63, 3.8) is 0 Å². The van der Waals surface area contributed by atoms with E-state index in [2.05, 4.69) is 54.0 Å². The number of ether oxygens (including phenoxy) is 1. The monoisotopic (exact) mass is 324 g/mol. The van der Waals surface area contributed by atoms with E-state index in [4.69, 9.17) is 4.74 Å². The van der Waals surface area contributed by atoms with Crippen molar-refractivity contribution in [2.24, 2.45) is 5.92 Å². The van der Waals surface area contributed by atoms with Gasteiger partial charge in [-0.15, -0.1) is 0 Å². The lowest BCUT2D eigenvalue weighted by Crippen LogP contribution is -2.29. The van der Waals surface area contributed by atoms with Gasteiger partial charge in [-0.25, -0.2) is 0 Å². The van der Waals surface area contributed by atoms with Gasteiger partial charge in [0.05, 0.1) is 12.2 Å². The molecule has 1 nitrogen and oxygen atoms in total. The van der Waals surface area contributed by atoms with Crippen LogP contribution in [0.5, 0.6) is 0 Å². The van der Waals surface area contributed by atoms with Gasteiger partial charge in [0, 0.05) is 5.33 Å². The quantitative estimate of drug-likeness (QED) is 0.657. The molecule has 0 amide bonds. The van der Waals surface area contributed by atoms with Gasteiger partial charge in [0.2, 0.25) is 0 Å². The van der Waals surface area contributed by atoms with E-state index in [9.17, 15) is 0 Å². The highest BCUT2D eigenvalue weighted by Gasteiger charge is 2.27. The van der Waals surface area contributed by atoms with Gasteiger partial charge >= 0.3 is 0 Å². The fraction of sp³-hybridized carbons (Fsp3) is 0.647. The minimum Gasteiger partial charge on any atom is -0.369 e. The molecule has 1 saturated carbocycles. The van der Waals surface area contributed by atoms with E-state index in [1.54, 1.807) is 0 Å². The van der Waals surface area contributed by atoms with Gasteiger partial charge in [-0.1, -0.05) is 66.4 Å². The Kier molecular flexibility index (Phi) is 5.90. The van der Waals surface area contributed by atoms with E-state index >= 15 is 0 Å². The molecule has 2 rings (SSSR count). The van der Waals surface area contributed by atoms with Gasteiger partial charge < -0.3 is 4.74 Å². The normalized spacial score (nSPS) is 25.2. The molecule has 0 aromatic heterocycles. The van der Waals surface area contributed by atoms with Crippen molar-refractivity contribution in [2.75, 3.05) is 5.33 Å². The summed E-state index contributed by atoms with van der Waals surface area (Å²) in [6, 6.07) is 8.58. The first-order valence-corrected chi connectivity index (χ1v) is 8.65. The lowest BCUT2D eigenvalue weighted by molar-refractivity contribution is -0.0526. The van der Waals surface area contributed by atoms with Crippen molar-refractivity contribution >= 4 is 15.9 Å². The Labute approximate surface area is 125 Å². The topological polar surface area (TPSA) is 9.23 Å². The van der Waals surface area contributed by atoms with E-state index in [-0.39, 0.29) is 6.10 Å². The van der Waals surface area contributed by atoms with Gasteiger partial charge in [0.15, 0.2) is 0 Å². The van der Waals surface area contributed by atoms with Crippen LogP contribution in [0.15, 0.2) is 24.3 Å². The Morgan fingerprint density at radius 1 is 1.26 bits per heavy atom. The molecule has 0 N–H and O–H groups in total. The third-order valence-electron chi connectivity index (χ3n) is 4.38. The van der Waals surface area contributed by atoms with Gasteiger partial charge in [-0.2, -0.15) is 0 Å². The summed E-state index contributed by atoms with van der Waals surface area (Å²) in [6.45, 7) is 4.47. The molecule has 0 heterocycles. The summed E-state index contributed by atoms with van der Waals surface area (Å²) in [7, 11) is 0. The first-order chi connectivity index (χ1) is 9.26. The van der Waals surface area contributed by atoms with Gasteiger partial charge in [0.25, 0.3) is 0 Å². The molecule has 3 unspecified atom stereocenters. The third kappa shape index (κ3) is 3.82. The number of halogens is 1. The van der Waals surface area contributed by atoms with Crippen LogP contribution in [0.4, 0.5) is 0 Å². The van der Waals surface area contributed by atoms with E-state index < -0.39 is 0 Å². The zero-order valence-corrected chi connectivity index (χ0v) is 13.7. The van der Waals surface area contributed by atoms with Crippen molar-refractivity contribution in [3.8, 4) is 0 Å². The number of hydrogen-bond acceptors (Lipinski definition) is 1. The summed E-state index contributed by atoms with van der Waals surface area (Å²) < 4.78 is 6.46. The fourth-order valence-corrected chi connectivity index (χ4v) is 3.67. The number of benzene rings is 1. The summed E-state index contributed by atoms with van der Waals surface area (Å²) in [6.07, 6.45) is 7.15. The first-order valence-electron chi connectivity index (χ1n) is 7.53. The van der Waals surface area contributed by atoms with Gasteiger partial charge in [-0.3, -0.25) is 0 Å². The van der Waals surface area contributed by atoms with Crippen LogP contribution in [0.2, 0.25) is 0 Å². The number of rotatable bonds is 5. The molecule has 3 atom stereocenters. The molecule has 0 bridgehead atoms. The van der Waals surface area contributed by atoms with Crippen molar-refractivity contribution in [1.82, 2.24) is 0 Å². The third-order valence-corrected chi connectivity index (χ3v) is 4.97. The van der Waals surface area contributed by atoms with Crippen LogP contribution in [0.3, 0.4) is 0 Å². The molecular weight excluding hydrogens is 300 g/mol. The van der Waals surface area contributed by atoms with Gasteiger partial charge in [0.1, 0.15) is 0 Å². The van der Waals surface area contributed by atoms with Crippen LogP contribution in [0.25, 0.3) is 0 Å². The highest BCUT2D eigenvalue weighted by atomic mass is 79.9. The number of aryl methyl sites for hydroxylation is 1. The molecule has 2 heteroatoms. The predicted octanol–water partition coefficient (Wildman–Crippen LogP) is 5.42. The first kappa shape index (κ1) is 15.1. The molecule has 1 aromatic carbocycles. The highest BCUT2D eigenvalue weighted by molar-refractivity contribution is 9.09. The van der Waals surface area contributed by atoms with E-state index in [0.717, 1.165) is 11.2 Å². The molecule has 1 aromatic rings. The second kappa shape index (κ2) is 7.44. The Bertz CT molecular complexity index is 391. The maximum Gasteiger partial charge on any atom is 0.0928 e. The Morgan fingerprint density at radius 2 is 2.00 bits per heavy atom. The maximum absolute atomic E-state index is 6.46. The predicted molar refractivity (Wildman–Crippen MR) is 84.8 cm³/mol.